The Labute approximate surface area is 191 Å². The first-order valence-corrected chi connectivity index (χ1v) is 10.4. The Bertz CT molecular complexity index is 1290. The summed E-state index contributed by atoms with van der Waals surface area (Å²) in [6.45, 7) is 3.11. The Morgan fingerprint density at radius 1 is 1.15 bits per heavy atom. The van der Waals surface area contributed by atoms with Gasteiger partial charge in [0.25, 0.3) is 0 Å². The van der Waals surface area contributed by atoms with Crippen molar-refractivity contribution < 1.29 is 31.8 Å². The highest BCUT2D eigenvalue weighted by molar-refractivity contribution is 5.92. The second-order valence-corrected chi connectivity index (χ2v) is 7.99. The molecule has 3 aromatic rings. The van der Waals surface area contributed by atoms with Crippen molar-refractivity contribution in [3.05, 3.63) is 69.5 Å². The van der Waals surface area contributed by atoms with Gasteiger partial charge in [-0.25, -0.2) is 8.78 Å². The van der Waals surface area contributed by atoms with E-state index in [0.717, 1.165) is 18.2 Å². The molecule has 10 heteroatoms. The van der Waals surface area contributed by atoms with Gasteiger partial charge in [0.15, 0.2) is 17.2 Å². The number of methoxy groups -OCH3 is 1. The Kier molecular flexibility index (Phi) is 7.11. The van der Waals surface area contributed by atoms with Crippen LogP contribution in [-0.4, -0.2) is 35.2 Å². The number of nitrogens with zero attached hydrogens (tertiary/aromatic N) is 1. The predicted molar refractivity (Wildman–Crippen MR) is 119 cm³/mol. The molecule has 0 aliphatic heterocycles. The average Bonchev–Trinajstić information content (AvgIpc) is 2.78. The highest BCUT2D eigenvalue weighted by atomic mass is 19.4. The molecule has 3 rings (SSSR count). The van der Waals surface area contributed by atoms with Gasteiger partial charge in [0.1, 0.15) is 5.82 Å². The maximum absolute atomic E-state index is 14.5. The molecule has 1 aromatic heterocycles. The number of ether oxygens (including phenoxy) is 1. The maximum atomic E-state index is 14.5. The fraction of sp³-hybridized carbons (Fsp3) is 0.333. The van der Waals surface area contributed by atoms with E-state index in [-0.39, 0.29) is 39.9 Å². The molecular weight excluding hydrogens is 459 g/mol. The summed E-state index contributed by atoms with van der Waals surface area (Å²) in [6, 6.07) is 7.31. The highest BCUT2D eigenvalue weighted by Gasteiger charge is 2.53. The Morgan fingerprint density at radius 3 is 2.47 bits per heavy atom. The molecule has 1 heterocycles. The number of aliphatic hydroxyl groups is 1. The van der Waals surface area contributed by atoms with Crippen molar-refractivity contribution in [1.29, 1.82) is 0 Å². The number of benzene rings is 2. The number of rotatable bonds is 7. The van der Waals surface area contributed by atoms with E-state index in [1.165, 1.54) is 32.2 Å². The van der Waals surface area contributed by atoms with E-state index < -0.39 is 41.3 Å². The van der Waals surface area contributed by atoms with E-state index in [0.29, 0.717) is 6.21 Å². The van der Waals surface area contributed by atoms with Gasteiger partial charge >= 0.3 is 6.18 Å². The lowest BCUT2D eigenvalue weighted by Gasteiger charge is -2.31. The Hall–Kier alpha value is -3.27. The first-order chi connectivity index (χ1) is 15.9. The number of aliphatic imine (C=N–C) groups is 1. The fourth-order valence-corrected chi connectivity index (χ4v) is 3.78. The second kappa shape index (κ2) is 9.54. The molecule has 0 fully saturated rings. The zero-order valence-electron chi connectivity index (χ0n) is 18.6. The number of fused-ring (bicyclic) bond motifs is 1. The van der Waals surface area contributed by atoms with Gasteiger partial charge in [0.05, 0.1) is 18.3 Å². The number of aromatic amines is 1. The number of aromatic nitrogens is 1. The minimum absolute atomic E-state index is 0.0645. The molecule has 2 aromatic carbocycles. The van der Waals surface area contributed by atoms with Crippen molar-refractivity contribution in [2.75, 3.05) is 7.11 Å². The number of halogens is 5. The summed E-state index contributed by atoms with van der Waals surface area (Å²) in [5.41, 5.74) is -3.82. The van der Waals surface area contributed by atoms with Crippen LogP contribution < -0.4 is 10.3 Å². The summed E-state index contributed by atoms with van der Waals surface area (Å²) in [6.07, 6.45) is -5.48. The van der Waals surface area contributed by atoms with Crippen LogP contribution in [0.2, 0.25) is 0 Å². The van der Waals surface area contributed by atoms with E-state index in [2.05, 4.69) is 9.98 Å². The van der Waals surface area contributed by atoms with Gasteiger partial charge in [-0.3, -0.25) is 9.79 Å². The maximum Gasteiger partial charge on any atom is 0.422 e. The van der Waals surface area contributed by atoms with Crippen molar-refractivity contribution in [2.45, 2.75) is 44.4 Å². The van der Waals surface area contributed by atoms with Crippen molar-refractivity contribution in [3.63, 3.8) is 0 Å². The van der Waals surface area contributed by atoms with Crippen molar-refractivity contribution >= 4 is 22.8 Å². The molecule has 2 N–H and O–H groups in total. The van der Waals surface area contributed by atoms with E-state index in [1.807, 2.05) is 0 Å². The fourth-order valence-electron chi connectivity index (χ4n) is 3.78. The normalized spacial score (nSPS) is 15.0. The first-order valence-electron chi connectivity index (χ1n) is 10.4. The number of H-pyrrole nitrogens is 1. The molecule has 182 valence electrons. The number of hydrogen-bond acceptors (Lipinski definition) is 4. The van der Waals surface area contributed by atoms with Gasteiger partial charge in [-0.05, 0) is 49.4 Å². The van der Waals surface area contributed by atoms with Crippen LogP contribution in [0, 0.1) is 18.6 Å². The van der Waals surface area contributed by atoms with E-state index >= 15 is 0 Å². The van der Waals surface area contributed by atoms with E-state index in [1.54, 1.807) is 6.92 Å². The van der Waals surface area contributed by atoms with Gasteiger partial charge in [0.2, 0.25) is 5.56 Å². The minimum Gasteiger partial charge on any atom is -0.493 e. The quantitative estimate of drug-likeness (QED) is 0.335. The molecule has 0 saturated carbocycles. The van der Waals surface area contributed by atoms with E-state index in [9.17, 15) is 31.9 Å². The van der Waals surface area contributed by atoms with Crippen LogP contribution in [0.5, 0.6) is 5.75 Å². The van der Waals surface area contributed by atoms with Gasteiger partial charge in [-0.1, -0.05) is 19.1 Å². The molecule has 0 aliphatic rings. The van der Waals surface area contributed by atoms with Crippen LogP contribution in [-0.2, 0) is 0 Å². The Balaban J connectivity index is 2.06. The Morgan fingerprint density at radius 2 is 1.85 bits per heavy atom. The third-order valence-electron chi connectivity index (χ3n) is 5.74. The molecular formula is C24H23F5N2O3. The summed E-state index contributed by atoms with van der Waals surface area (Å²) < 4.78 is 75.7. The zero-order chi connectivity index (χ0) is 25.3. The third-order valence-corrected chi connectivity index (χ3v) is 5.74. The molecule has 0 bridgehead atoms. The third kappa shape index (κ3) is 4.82. The molecule has 0 aliphatic carbocycles. The molecule has 0 radical (unpaired) electrons. The molecule has 2 atom stereocenters. The van der Waals surface area contributed by atoms with E-state index in [4.69, 9.17) is 4.74 Å². The lowest BCUT2D eigenvalue weighted by Crippen LogP contribution is -2.47. The monoisotopic (exact) mass is 482 g/mol. The van der Waals surface area contributed by atoms with Gasteiger partial charge < -0.3 is 14.8 Å². The summed E-state index contributed by atoms with van der Waals surface area (Å²) in [7, 11) is 1.22. The van der Waals surface area contributed by atoms with Crippen molar-refractivity contribution in [1.82, 2.24) is 4.98 Å². The summed E-state index contributed by atoms with van der Waals surface area (Å²) in [5, 5.41) is 10.8. The zero-order valence-corrected chi connectivity index (χ0v) is 18.6. The second-order valence-electron chi connectivity index (χ2n) is 7.99. The highest BCUT2D eigenvalue weighted by Crippen LogP contribution is 2.42. The topological polar surface area (TPSA) is 74.7 Å². The largest absolute Gasteiger partial charge is 0.493 e. The number of hydrogen-bond donors (Lipinski definition) is 2. The summed E-state index contributed by atoms with van der Waals surface area (Å²) >= 11 is 0. The van der Waals surface area contributed by atoms with Crippen LogP contribution >= 0.6 is 0 Å². The van der Waals surface area contributed by atoms with Gasteiger partial charge in [-0.15, -0.1) is 0 Å². The van der Waals surface area contributed by atoms with Crippen LogP contribution in [0.1, 0.15) is 36.8 Å². The minimum atomic E-state index is -5.12. The lowest BCUT2D eigenvalue weighted by molar-refractivity contribution is -0.232. The van der Waals surface area contributed by atoms with Gasteiger partial charge in [-0.2, -0.15) is 13.2 Å². The van der Waals surface area contributed by atoms with Crippen LogP contribution in [0.15, 0.2) is 46.2 Å². The van der Waals surface area contributed by atoms with Crippen LogP contribution in [0.3, 0.4) is 0 Å². The molecule has 0 saturated heterocycles. The predicted octanol–water partition coefficient (Wildman–Crippen LogP) is 5.70. The smallest absolute Gasteiger partial charge is 0.422 e. The molecule has 0 spiro atoms. The summed E-state index contributed by atoms with van der Waals surface area (Å²) in [5.74, 6) is -2.57. The number of alkyl halides is 3. The molecule has 0 amide bonds. The summed E-state index contributed by atoms with van der Waals surface area (Å²) in [4.78, 5) is 17.6. The standard InChI is InChI=1S/C24H23F5N2O3/c1-4-14(15-6-5-13(2)20(26)22(15)34-3)11-23(33,24(27,28)29)12-30-18-9-8-17(25)21-16(18)7-10-19(32)31-21/h5-10,12,14,33H,4,11H2,1-3H3,(H,31,32)/b30-12+. The number of pyridine rings is 1. The first kappa shape index (κ1) is 25.4. The van der Waals surface area contributed by atoms with Crippen molar-refractivity contribution in [3.8, 4) is 5.75 Å². The molecule has 5 nitrogen and oxygen atoms in total. The lowest BCUT2D eigenvalue weighted by atomic mass is 9.83. The number of aryl methyl sites for hydroxylation is 1. The molecule has 2 unspecified atom stereocenters. The SMILES string of the molecule is CCC(CC(O)(/C=N/c1ccc(F)c2[nH]c(=O)ccc12)C(F)(F)F)c1ccc(C)c(F)c1OC. The molecule has 34 heavy (non-hydrogen) atoms. The van der Waals surface area contributed by atoms with Crippen LogP contribution in [0.4, 0.5) is 27.6 Å². The van der Waals surface area contributed by atoms with Crippen molar-refractivity contribution in [2.24, 2.45) is 4.99 Å². The van der Waals surface area contributed by atoms with Gasteiger partial charge in [0, 0.05) is 23.2 Å². The number of nitrogens with one attached hydrogen (secondary N) is 1. The van der Waals surface area contributed by atoms with Crippen LogP contribution in [0.25, 0.3) is 10.9 Å². The average molecular weight is 482 g/mol.